The summed E-state index contributed by atoms with van der Waals surface area (Å²) >= 11 is 0. The molecule has 0 unspecified atom stereocenters. The van der Waals surface area contributed by atoms with Gasteiger partial charge in [-0.25, -0.2) is 4.98 Å². The van der Waals surface area contributed by atoms with Gasteiger partial charge in [-0.05, 0) is 111 Å². The molecule has 0 fully saturated rings. The van der Waals surface area contributed by atoms with Crippen molar-refractivity contribution in [2.75, 3.05) is 0 Å². The van der Waals surface area contributed by atoms with Crippen molar-refractivity contribution in [2.24, 2.45) is 0 Å². The third kappa shape index (κ3) is 5.52. The zero-order chi connectivity index (χ0) is 39.9. The highest BCUT2D eigenvalue weighted by Crippen LogP contribution is 2.52. The first-order chi connectivity index (χ1) is 27.2. The highest BCUT2D eigenvalue weighted by molar-refractivity contribution is 5.97. The Bertz CT molecular complexity index is 2850. The average molecular weight is 705 g/mol. The van der Waals surface area contributed by atoms with Crippen LogP contribution in [0, 0.1) is 6.85 Å². The monoisotopic (exact) mass is 704 g/mol. The molecule has 1 N–H and O–H groups in total. The Balaban J connectivity index is 1.23. The normalized spacial score (nSPS) is 14.3. The molecule has 4 heteroatoms. The zero-order valence-electron chi connectivity index (χ0n) is 34.1. The molecule has 0 amide bonds. The third-order valence-corrected chi connectivity index (χ3v) is 11.0. The molecule has 6 aromatic carbocycles. The van der Waals surface area contributed by atoms with Crippen LogP contribution < -0.4 is 0 Å². The number of phenolic OH excluding ortho intramolecular Hbond substituents is 1. The topological polar surface area (TPSA) is 50.9 Å². The average Bonchev–Trinajstić information content (AvgIpc) is 3.69. The standard InChI is InChI=1S/C50H43N3O/c1-31-19-21-32(22-20-31)33-23-24-51-44(28-33)35-25-34(26-36(27-35)49(2,3)4)38-16-12-18-45-47(38)52-48(53(45)37-13-8-7-9-14-37)41-29-40-39-15-10-11-17-42(39)50(5,6)43(40)30-46(41)54/h7-30,54H,1-6H3/i1D3. The van der Waals surface area contributed by atoms with Gasteiger partial charge in [-0.15, -0.1) is 0 Å². The van der Waals surface area contributed by atoms with E-state index in [1.807, 2.05) is 48.7 Å². The maximum absolute atomic E-state index is 11.9. The predicted octanol–water partition coefficient (Wildman–Crippen LogP) is 12.7. The van der Waals surface area contributed by atoms with Gasteiger partial charge in [0.25, 0.3) is 0 Å². The van der Waals surface area contributed by atoms with Gasteiger partial charge < -0.3 is 5.11 Å². The van der Waals surface area contributed by atoms with Crippen molar-refractivity contribution in [3.05, 3.63) is 168 Å². The van der Waals surface area contributed by atoms with Crippen molar-refractivity contribution < 1.29 is 9.22 Å². The van der Waals surface area contributed by atoms with E-state index in [9.17, 15) is 5.11 Å². The molecule has 2 aromatic heterocycles. The number of aromatic nitrogens is 3. The van der Waals surface area contributed by atoms with Crippen LogP contribution in [-0.4, -0.2) is 19.6 Å². The van der Waals surface area contributed by atoms with E-state index in [1.54, 1.807) is 12.1 Å². The molecular weight excluding hydrogens is 659 g/mol. The van der Waals surface area contributed by atoms with Crippen LogP contribution >= 0.6 is 0 Å². The Morgan fingerprint density at radius 3 is 2.15 bits per heavy atom. The van der Waals surface area contributed by atoms with Crippen LogP contribution in [0.25, 0.3) is 72.7 Å². The van der Waals surface area contributed by atoms with Crippen LogP contribution in [0.3, 0.4) is 0 Å². The lowest BCUT2D eigenvalue weighted by atomic mass is 9.82. The lowest BCUT2D eigenvalue weighted by Gasteiger charge is -2.22. The molecule has 0 spiro atoms. The van der Waals surface area contributed by atoms with Gasteiger partial charge in [0.05, 0.1) is 22.3 Å². The van der Waals surface area contributed by atoms with E-state index < -0.39 is 6.85 Å². The minimum atomic E-state index is -2.16. The van der Waals surface area contributed by atoms with E-state index in [4.69, 9.17) is 14.1 Å². The quantitative estimate of drug-likeness (QED) is 0.194. The van der Waals surface area contributed by atoms with Crippen molar-refractivity contribution in [2.45, 2.75) is 52.3 Å². The highest BCUT2D eigenvalue weighted by atomic mass is 16.3. The summed E-state index contributed by atoms with van der Waals surface area (Å²) in [4.78, 5) is 10.3. The van der Waals surface area contributed by atoms with Gasteiger partial charge in [-0.2, -0.15) is 0 Å². The molecule has 1 aliphatic rings. The smallest absolute Gasteiger partial charge is 0.149 e. The summed E-state index contributed by atoms with van der Waals surface area (Å²) in [6.45, 7) is 8.92. The van der Waals surface area contributed by atoms with Crippen LogP contribution in [0.15, 0.2) is 146 Å². The van der Waals surface area contributed by atoms with Crippen LogP contribution in [0.1, 0.15) is 61.0 Å². The minimum absolute atomic E-state index is 0.170. The molecular formula is C50H43N3O. The number of aromatic hydroxyl groups is 1. The molecule has 0 saturated heterocycles. The summed E-state index contributed by atoms with van der Waals surface area (Å²) < 4.78 is 25.5. The number of fused-ring (bicyclic) bond motifs is 4. The summed E-state index contributed by atoms with van der Waals surface area (Å²) in [5, 5.41) is 11.9. The minimum Gasteiger partial charge on any atom is -0.507 e. The summed E-state index contributed by atoms with van der Waals surface area (Å²) in [6, 6.07) is 46.8. The maximum Gasteiger partial charge on any atom is 0.149 e. The first kappa shape index (κ1) is 30.2. The fourth-order valence-corrected chi connectivity index (χ4v) is 8.06. The number of benzene rings is 6. The number of rotatable bonds is 5. The van der Waals surface area contributed by atoms with Gasteiger partial charge in [0, 0.05) is 32.5 Å². The number of pyridine rings is 1. The Kier molecular flexibility index (Phi) is 6.95. The van der Waals surface area contributed by atoms with E-state index in [0.29, 0.717) is 17.0 Å². The van der Waals surface area contributed by atoms with Crippen molar-refractivity contribution in [3.63, 3.8) is 0 Å². The number of imidazole rings is 1. The summed E-state index contributed by atoms with van der Waals surface area (Å²) in [7, 11) is 0. The van der Waals surface area contributed by atoms with Crippen molar-refractivity contribution in [1.29, 1.82) is 0 Å². The molecule has 0 atom stereocenters. The van der Waals surface area contributed by atoms with Crippen LogP contribution in [0.5, 0.6) is 5.75 Å². The zero-order valence-corrected chi connectivity index (χ0v) is 31.1. The van der Waals surface area contributed by atoms with E-state index in [-0.39, 0.29) is 16.6 Å². The fraction of sp³-hybridized carbons (Fsp3) is 0.160. The number of nitrogens with zero attached hydrogens (tertiary/aromatic N) is 3. The second-order valence-corrected chi connectivity index (χ2v) is 15.9. The van der Waals surface area contributed by atoms with Gasteiger partial charge >= 0.3 is 0 Å². The molecule has 0 aliphatic heterocycles. The first-order valence-corrected chi connectivity index (χ1v) is 18.5. The van der Waals surface area contributed by atoms with E-state index >= 15 is 0 Å². The Morgan fingerprint density at radius 1 is 0.630 bits per heavy atom. The Hall–Kier alpha value is -6.26. The van der Waals surface area contributed by atoms with Gasteiger partial charge in [-0.1, -0.05) is 125 Å². The Morgan fingerprint density at radius 2 is 1.37 bits per heavy atom. The lowest BCUT2D eigenvalue weighted by molar-refractivity contribution is 0.474. The molecule has 2 heterocycles. The molecule has 0 bridgehead atoms. The highest BCUT2D eigenvalue weighted by Gasteiger charge is 2.36. The van der Waals surface area contributed by atoms with Crippen LogP contribution in [-0.2, 0) is 10.8 Å². The second-order valence-electron chi connectivity index (χ2n) is 15.9. The molecule has 0 radical (unpaired) electrons. The van der Waals surface area contributed by atoms with Gasteiger partial charge in [0.1, 0.15) is 11.6 Å². The van der Waals surface area contributed by atoms with Crippen molar-refractivity contribution in [3.8, 4) is 67.5 Å². The van der Waals surface area contributed by atoms with E-state index in [1.165, 1.54) is 11.1 Å². The third-order valence-electron chi connectivity index (χ3n) is 11.0. The SMILES string of the molecule is [2H]C([2H])([2H])c1ccc(-c2ccnc(-c3cc(-c4cccc5c4nc(-c4cc6c(cc4O)C(C)(C)c4ccccc4-6)n5-c4ccccc4)cc(C(C)(C)C)c3)c2)cc1. The number of phenols is 1. The Labute approximate surface area is 321 Å². The van der Waals surface area contributed by atoms with Gasteiger partial charge in [-0.3, -0.25) is 9.55 Å². The van der Waals surface area contributed by atoms with Gasteiger partial charge in [0.15, 0.2) is 0 Å². The van der Waals surface area contributed by atoms with E-state index in [0.717, 1.165) is 66.9 Å². The molecule has 9 rings (SSSR count). The summed E-state index contributed by atoms with van der Waals surface area (Å²) in [5.74, 6) is 0.858. The molecule has 0 saturated carbocycles. The number of para-hydroxylation sites is 2. The lowest BCUT2D eigenvalue weighted by Crippen LogP contribution is -2.14. The van der Waals surface area contributed by atoms with Crippen molar-refractivity contribution in [1.82, 2.24) is 14.5 Å². The molecule has 54 heavy (non-hydrogen) atoms. The van der Waals surface area contributed by atoms with Crippen LogP contribution in [0.2, 0.25) is 0 Å². The first-order valence-electron chi connectivity index (χ1n) is 20.0. The predicted molar refractivity (Wildman–Crippen MR) is 223 cm³/mol. The molecule has 264 valence electrons. The fourth-order valence-electron chi connectivity index (χ4n) is 8.06. The number of aryl methyl sites for hydroxylation is 1. The number of hydrogen-bond acceptors (Lipinski definition) is 3. The largest absolute Gasteiger partial charge is 0.507 e. The van der Waals surface area contributed by atoms with Crippen molar-refractivity contribution >= 4 is 11.0 Å². The molecule has 1 aliphatic carbocycles. The van der Waals surface area contributed by atoms with Gasteiger partial charge in [0.2, 0.25) is 0 Å². The maximum atomic E-state index is 11.9. The number of hydrogen-bond donors (Lipinski definition) is 1. The van der Waals surface area contributed by atoms with E-state index in [2.05, 4.69) is 124 Å². The second kappa shape index (κ2) is 12.4. The molecule has 4 nitrogen and oxygen atoms in total. The summed E-state index contributed by atoms with van der Waals surface area (Å²) in [5.41, 5.74) is 14.7. The molecule has 8 aromatic rings. The van der Waals surface area contributed by atoms with Crippen LogP contribution in [0.4, 0.5) is 0 Å². The summed E-state index contributed by atoms with van der Waals surface area (Å²) in [6.07, 6.45) is 1.81.